The second-order valence-corrected chi connectivity index (χ2v) is 5.28. The Bertz CT molecular complexity index is 569. The number of hydrogen-bond acceptors (Lipinski definition) is 2. The van der Waals surface area contributed by atoms with Gasteiger partial charge in [0.25, 0.3) is 0 Å². The molecule has 0 aromatic heterocycles. The number of halogens is 1. The highest BCUT2D eigenvalue weighted by molar-refractivity contribution is 6.30. The molecule has 0 saturated heterocycles. The lowest BCUT2D eigenvalue weighted by molar-refractivity contribution is 0.472. The van der Waals surface area contributed by atoms with Crippen molar-refractivity contribution in [2.45, 2.75) is 26.8 Å². The van der Waals surface area contributed by atoms with Gasteiger partial charge in [0.2, 0.25) is 0 Å². The van der Waals surface area contributed by atoms with E-state index < -0.39 is 0 Å². The topological polar surface area (TPSA) is 21.3 Å². The van der Waals surface area contributed by atoms with Gasteiger partial charge >= 0.3 is 0 Å². The molecule has 0 fully saturated rings. The Morgan fingerprint density at radius 2 is 2.00 bits per heavy atom. The van der Waals surface area contributed by atoms with Crippen molar-refractivity contribution in [2.75, 3.05) is 6.54 Å². The van der Waals surface area contributed by atoms with Crippen LogP contribution in [0, 0.1) is 6.92 Å². The molecule has 0 heterocycles. The summed E-state index contributed by atoms with van der Waals surface area (Å²) in [5.41, 5.74) is 2.40. The molecule has 0 saturated carbocycles. The zero-order valence-corrected chi connectivity index (χ0v) is 12.7. The average molecular weight is 290 g/mol. The van der Waals surface area contributed by atoms with E-state index in [0.29, 0.717) is 5.02 Å². The number of nitrogens with one attached hydrogen (secondary N) is 1. The van der Waals surface area contributed by atoms with Gasteiger partial charge in [0.15, 0.2) is 0 Å². The molecule has 106 valence electrons. The van der Waals surface area contributed by atoms with Gasteiger partial charge in [0.1, 0.15) is 11.5 Å². The highest BCUT2D eigenvalue weighted by Gasteiger charge is 2.06. The van der Waals surface area contributed by atoms with Crippen molar-refractivity contribution in [3.8, 4) is 11.5 Å². The van der Waals surface area contributed by atoms with Crippen molar-refractivity contribution >= 4 is 11.6 Å². The van der Waals surface area contributed by atoms with Crippen molar-refractivity contribution in [1.29, 1.82) is 0 Å². The fourth-order valence-electron chi connectivity index (χ4n) is 2.00. The predicted molar refractivity (Wildman–Crippen MR) is 84.7 cm³/mol. The van der Waals surface area contributed by atoms with Gasteiger partial charge in [-0.15, -0.1) is 0 Å². The molecule has 2 aromatic carbocycles. The van der Waals surface area contributed by atoms with Crippen LogP contribution >= 0.6 is 11.6 Å². The first-order chi connectivity index (χ1) is 9.69. The Morgan fingerprint density at radius 1 is 1.15 bits per heavy atom. The molecule has 0 unspecified atom stereocenters. The van der Waals surface area contributed by atoms with Crippen LogP contribution in [0.5, 0.6) is 11.5 Å². The van der Waals surface area contributed by atoms with Crippen LogP contribution in [0.15, 0.2) is 42.5 Å². The molecular weight excluding hydrogens is 270 g/mol. The molecule has 2 rings (SSSR count). The SMILES string of the molecule is CCCNCc1cc(C)ccc1Oc1cccc(Cl)c1. The van der Waals surface area contributed by atoms with Gasteiger partial charge in [-0.1, -0.05) is 42.3 Å². The minimum Gasteiger partial charge on any atom is -0.457 e. The first-order valence-electron chi connectivity index (χ1n) is 6.92. The molecule has 0 amide bonds. The van der Waals surface area contributed by atoms with Gasteiger partial charge in [-0.05, 0) is 44.2 Å². The first kappa shape index (κ1) is 14.9. The van der Waals surface area contributed by atoms with E-state index in [0.717, 1.165) is 31.0 Å². The van der Waals surface area contributed by atoms with E-state index in [1.807, 2.05) is 30.3 Å². The van der Waals surface area contributed by atoms with Gasteiger partial charge in [-0.2, -0.15) is 0 Å². The van der Waals surface area contributed by atoms with Crippen LogP contribution in [0.25, 0.3) is 0 Å². The third-order valence-electron chi connectivity index (χ3n) is 2.98. The smallest absolute Gasteiger partial charge is 0.131 e. The Hall–Kier alpha value is -1.51. The van der Waals surface area contributed by atoms with E-state index in [2.05, 4.69) is 31.3 Å². The maximum absolute atomic E-state index is 5.99. The van der Waals surface area contributed by atoms with Crippen molar-refractivity contribution in [3.05, 3.63) is 58.6 Å². The molecule has 0 aliphatic rings. The number of hydrogen-bond donors (Lipinski definition) is 1. The lowest BCUT2D eigenvalue weighted by Crippen LogP contribution is -2.14. The zero-order valence-electron chi connectivity index (χ0n) is 11.9. The van der Waals surface area contributed by atoms with Crippen molar-refractivity contribution < 1.29 is 4.74 Å². The second-order valence-electron chi connectivity index (χ2n) is 4.85. The summed E-state index contributed by atoms with van der Waals surface area (Å²) in [5, 5.41) is 4.09. The first-order valence-corrected chi connectivity index (χ1v) is 7.30. The predicted octanol–water partition coefficient (Wildman–Crippen LogP) is 4.94. The fraction of sp³-hybridized carbons (Fsp3) is 0.294. The van der Waals surface area contributed by atoms with Gasteiger partial charge in [-0.3, -0.25) is 0 Å². The monoisotopic (exact) mass is 289 g/mol. The van der Waals surface area contributed by atoms with Crippen LogP contribution in [0.1, 0.15) is 24.5 Å². The van der Waals surface area contributed by atoms with Crippen LogP contribution < -0.4 is 10.1 Å². The molecule has 0 aliphatic heterocycles. The number of benzene rings is 2. The van der Waals surface area contributed by atoms with Crippen molar-refractivity contribution in [1.82, 2.24) is 5.32 Å². The molecule has 0 radical (unpaired) electrons. The summed E-state index contributed by atoms with van der Waals surface area (Å²) in [4.78, 5) is 0. The van der Waals surface area contributed by atoms with Gasteiger partial charge in [-0.25, -0.2) is 0 Å². The summed E-state index contributed by atoms with van der Waals surface area (Å²) in [6.07, 6.45) is 1.12. The number of ether oxygens (including phenoxy) is 1. The third kappa shape index (κ3) is 4.26. The molecule has 1 N–H and O–H groups in total. The van der Waals surface area contributed by atoms with Crippen LogP contribution in [-0.2, 0) is 6.54 Å². The van der Waals surface area contributed by atoms with E-state index >= 15 is 0 Å². The summed E-state index contributed by atoms with van der Waals surface area (Å²) in [7, 11) is 0. The minimum absolute atomic E-state index is 0.681. The maximum Gasteiger partial charge on any atom is 0.131 e. The summed E-state index contributed by atoms with van der Waals surface area (Å²) in [5.74, 6) is 1.64. The third-order valence-corrected chi connectivity index (χ3v) is 3.22. The van der Waals surface area contributed by atoms with Crippen molar-refractivity contribution in [3.63, 3.8) is 0 Å². The fourth-order valence-corrected chi connectivity index (χ4v) is 2.18. The van der Waals surface area contributed by atoms with Gasteiger partial charge in [0, 0.05) is 17.1 Å². The van der Waals surface area contributed by atoms with E-state index in [4.69, 9.17) is 16.3 Å². The molecule has 3 heteroatoms. The molecular formula is C17H20ClNO. The Balaban J connectivity index is 2.17. The maximum atomic E-state index is 5.99. The lowest BCUT2D eigenvalue weighted by Gasteiger charge is -2.13. The molecule has 2 nitrogen and oxygen atoms in total. The normalized spacial score (nSPS) is 10.6. The van der Waals surface area contributed by atoms with Crippen molar-refractivity contribution in [2.24, 2.45) is 0 Å². The Kier molecular flexibility index (Phi) is 5.45. The van der Waals surface area contributed by atoms with E-state index in [9.17, 15) is 0 Å². The molecule has 2 aromatic rings. The molecule has 0 spiro atoms. The van der Waals surface area contributed by atoms with Crippen LogP contribution in [0.3, 0.4) is 0 Å². The summed E-state index contributed by atoms with van der Waals surface area (Å²) in [6, 6.07) is 13.7. The minimum atomic E-state index is 0.681. The molecule has 0 bridgehead atoms. The highest BCUT2D eigenvalue weighted by Crippen LogP contribution is 2.27. The van der Waals surface area contributed by atoms with E-state index in [1.54, 1.807) is 0 Å². The van der Waals surface area contributed by atoms with E-state index in [1.165, 1.54) is 11.1 Å². The lowest BCUT2D eigenvalue weighted by atomic mass is 10.1. The Morgan fingerprint density at radius 3 is 2.75 bits per heavy atom. The zero-order chi connectivity index (χ0) is 14.4. The Labute approximate surface area is 125 Å². The number of rotatable bonds is 6. The molecule has 20 heavy (non-hydrogen) atoms. The van der Waals surface area contributed by atoms with Crippen LogP contribution in [-0.4, -0.2) is 6.54 Å². The summed E-state index contributed by atoms with van der Waals surface area (Å²) < 4.78 is 5.95. The van der Waals surface area contributed by atoms with E-state index in [-0.39, 0.29) is 0 Å². The van der Waals surface area contributed by atoms with Gasteiger partial charge < -0.3 is 10.1 Å². The average Bonchev–Trinajstić information content (AvgIpc) is 2.42. The van der Waals surface area contributed by atoms with Gasteiger partial charge in [0.05, 0.1) is 0 Å². The highest BCUT2D eigenvalue weighted by atomic mass is 35.5. The van der Waals surface area contributed by atoms with Crippen LogP contribution in [0.2, 0.25) is 5.02 Å². The summed E-state index contributed by atoms with van der Waals surface area (Å²) >= 11 is 5.99. The summed E-state index contributed by atoms with van der Waals surface area (Å²) in [6.45, 7) is 6.06. The standard InChI is InChI=1S/C17H20ClNO/c1-3-9-19-12-14-10-13(2)7-8-17(14)20-16-6-4-5-15(18)11-16/h4-8,10-11,19H,3,9,12H2,1-2H3. The number of aryl methyl sites for hydroxylation is 1. The molecule has 0 atom stereocenters. The quantitative estimate of drug-likeness (QED) is 0.761. The van der Waals surface area contributed by atoms with Crippen LogP contribution in [0.4, 0.5) is 0 Å². The second kappa shape index (κ2) is 7.32. The largest absolute Gasteiger partial charge is 0.457 e. The molecule has 0 aliphatic carbocycles.